The van der Waals surface area contributed by atoms with E-state index in [4.69, 9.17) is 0 Å². The summed E-state index contributed by atoms with van der Waals surface area (Å²) in [6, 6.07) is 12.8. The van der Waals surface area contributed by atoms with Crippen LogP contribution in [0, 0.1) is 17.2 Å². The van der Waals surface area contributed by atoms with Crippen molar-refractivity contribution in [3.63, 3.8) is 0 Å². The maximum atomic E-state index is 12.7. The zero-order valence-electron chi connectivity index (χ0n) is 15.9. The molecule has 2 aliphatic heterocycles. The quantitative estimate of drug-likeness (QED) is 0.908. The standard InChI is InChI=1S/C21H30N4O/c1-17(18-8-12-24(2)13-9-18)23-20(26)25-14-10-21(16-22,11-15-25)19-6-4-3-5-7-19/h3-7,17-18H,8-15H2,1-2H3,(H,23,26)/t17-/m1/s1. The number of hydrogen-bond donors (Lipinski definition) is 1. The van der Waals surface area contributed by atoms with Crippen LogP contribution in [0.4, 0.5) is 4.79 Å². The van der Waals surface area contributed by atoms with Gasteiger partial charge < -0.3 is 15.1 Å². The van der Waals surface area contributed by atoms with Crippen LogP contribution in [0.2, 0.25) is 0 Å². The lowest BCUT2D eigenvalue weighted by atomic mass is 9.74. The number of rotatable bonds is 3. The van der Waals surface area contributed by atoms with E-state index < -0.39 is 5.41 Å². The normalized spacial score (nSPS) is 22.4. The fraction of sp³-hybridized carbons (Fsp3) is 0.619. The number of amides is 2. The smallest absolute Gasteiger partial charge is 0.317 e. The van der Waals surface area contributed by atoms with E-state index >= 15 is 0 Å². The maximum absolute atomic E-state index is 12.7. The molecule has 0 aliphatic carbocycles. The summed E-state index contributed by atoms with van der Waals surface area (Å²) in [4.78, 5) is 16.9. The van der Waals surface area contributed by atoms with Gasteiger partial charge in [0.05, 0.1) is 11.5 Å². The number of carbonyl (C=O) groups excluding carboxylic acids is 1. The molecule has 0 radical (unpaired) electrons. The van der Waals surface area contributed by atoms with E-state index in [-0.39, 0.29) is 12.1 Å². The van der Waals surface area contributed by atoms with Gasteiger partial charge in [-0.25, -0.2) is 4.79 Å². The molecule has 1 aromatic carbocycles. The van der Waals surface area contributed by atoms with E-state index in [1.165, 1.54) is 0 Å². The van der Waals surface area contributed by atoms with E-state index in [0.717, 1.165) is 31.5 Å². The Morgan fingerprint density at radius 2 is 1.81 bits per heavy atom. The lowest BCUT2D eigenvalue weighted by Crippen LogP contribution is -2.52. The molecule has 1 atom stereocenters. The highest BCUT2D eigenvalue weighted by Crippen LogP contribution is 2.34. The first-order chi connectivity index (χ1) is 12.5. The van der Waals surface area contributed by atoms with Crippen LogP contribution in [0.3, 0.4) is 0 Å². The zero-order chi connectivity index (χ0) is 18.6. The first-order valence-corrected chi connectivity index (χ1v) is 9.75. The highest BCUT2D eigenvalue weighted by molar-refractivity contribution is 5.74. The third kappa shape index (κ3) is 4.02. The van der Waals surface area contributed by atoms with Crippen molar-refractivity contribution in [2.75, 3.05) is 33.2 Å². The van der Waals surface area contributed by atoms with E-state index in [1.807, 2.05) is 35.2 Å². The molecule has 5 heteroatoms. The van der Waals surface area contributed by atoms with Crippen molar-refractivity contribution < 1.29 is 4.79 Å². The fourth-order valence-corrected chi connectivity index (χ4v) is 4.25. The minimum Gasteiger partial charge on any atom is -0.335 e. The number of piperidine rings is 2. The van der Waals surface area contributed by atoms with Crippen LogP contribution >= 0.6 is 0 Å². The number of carbonyl (C=O) groups is 1. The molecule has 2 saturated heterocycles. The van der Waals surface area contributed by atoms with Crippen LogP contribution in [-0.2, 0) is 5.41 Å². The second-order valence-corrected chi connectivity index (χ2v) is 7.93. The van der Waals surface area contributed by atoms with Gasteiger partial charge in [0, 0.05) is 19.1 Å². The number of nitriles is 1. The molecule has 0 bridgehead atoms. The molecule has 140 valence electrons. The van der Waals surface area contributed by atoms with Crippen LogP contribution in [0.1, 0.15) is 38.2 Å². The summed E-state index contributed by atoms with van der Waals surface area (Å²) in [5.41, 5.74) is 0.611. The van der Waals surface area contributed by atoms with Gasteiger partial charge in [0.25, 0.3) is 0 Å². The second kappa shape index (κ2) is 8.09. The van der Waals surface area contributed by atoms with E-state index in [2.05, 4.69) is 30.3 Å². The van der Waals surface area contributed by atoms with Crippen LogP contribution in [-0.4, -0.2) is 55.1 Å². The van der Waals surface area contributed by atoms with E-state index in [0.29, 0.717) is 31.8 Å². The van der Waals surface area contributed by atoms with Gasteiger partial charge >= 0.3 is 6.03 Å². The average Bonchev–Trinajstić information content (AvgIpc) is 2.69. The summed E-state index contributed by atoms with van der Waals surface area (Å²) in [5, 5.41) is 13.0. The Hall–Kier alpha value is -2.06. The summed E-state index contributed by atoms with van der Waals surface area (Å²) >= 11 is 0. The monoisotopic (exact) mass is 354 g/mol. The first kappa shape index (κ1) is 18.7. The average molecular weight is 354 g/mol. The molecule has 5 nitrogen and oxygen atoms in total. The van der Waals surface area contributed by atoms with Crippen molar-refractivity contribution in [3.8, 4) is 6.07 Å². The molecular formula is C21H30N4O. The number of benzene rings is 1. The lowest BCUT2D eigenvalue weighted by Gasteiger charge is -2.39. The third-order valence-electron chi connectivity index (χ3n) is 6.27. The Bertz CT molecular complexity index is 638. The van der Waals surface area contributed by atoms with Crippen LogP contribution in [0.5, 0.6) is 0 Å². The topological polar surface area (TPSA) is 59.4 Å². The van der Waals surface area contributed by atoms with Gasteiger partial charge in [-0.15, -0.1) is 0 Å². The van der Waals surface area contributed by atoms with Crippen molar-refractivity contribution in [1.29, 1.82) is 5.26 Å². The molecule has 1 aromatic rings. The predicted molar refractivity (Wildman–Crippen MR) is 103 cm³/mol. The van der Waals surface area contributed by atoms with Gasteiger partial charge in [-0.1, -0.05) is 30.3 Å². The minimum absolute atomic E-state index is 0.0241. The Kier molecular flexibility index (Phi) is 5.83. The number of nitrogens with zero attached hydrogens (tertiary/aromatic N) is 3. The molecule has 0 aromatic heterocycles. The van der Waals surface area contributed by atoms with Crippen molar-refractivity contribution in [2.24, 2.45) is 5.92 Å². The molecule has 0 spiro atoms. The summed E-state index contributed by atoms with van der Waals surface area (Å²) in [5.74, 6) is 0.558. The van der Waals surface area contributed by atoms with Crippen LogP contribution in [0.25, 0.3) is 0 Å². The molecule has 0 saturated carbocycles. The van der Waals surface area contributed by atoms with Crippen LogP contribution in [0.15, 0.2) is 30.3 Å². The van der Waals surface area contributed by atoms with Gasteiger partial charge in [0.15, 0.2) is 0 Å². The van der Waals surface area contributed by atoms with Gasteiger partial charge in [0.2, 0.25) is 0 Å². The molecule has 0 unspecified atom stereocenters. The third-order valence-corrected chi connectivity index (χ3v) is 6.27. The Labute approximate surface area is 157 Å². The van der Waals surface area contributed by atoms with Gasteiger partial charge in [-0.2, -0.15) is 5.26 Å². The molecule has 2 heterocycles. The van der Waals surface area contributed by atoms with Crippen molar-refractivity contribution >= 4 is 6.03 Å². The Morgan fingerprint density at radius 3 is 2.38 bits per heavy atom. The zero-order valence-corrected chi connectivity index (χ0v) is 15.9. The van der Waals surface area contributed by atoms with E-state index in [9.17, 15) is 10.1 Å². The second-order valence-electron chi connectivity index (χ2n) is 7.93. The van der Waals surface area contributed by atoms with Crippen LogP contribution < -0.4 is 5.32 Å². The van der Waals surface area contributed by atoms with Gasteiger partial charge in [0.1, 0.15) is 0 Å². The molecule has 2 fully saturated rings. The Balaban J connectivity index is 1.54. The number of hydrogen-bond acceptors (Lipinski definition) is 3. The van der Waals surface area contributed by atoms with Crippen molar-refractivity contribution in [2.45, 2.75) is 44.1 Å². The van der Waals surface area contributed by atoms with Gasteiger partial charge in [-0.05, 0) is 64.2 Å². The first-order valence-electron chi connectivity index (χ1n) is 9.75. The highest BCUT2D eigenvalue weighted by Gasteiger charge is 2.38. The van der Waals surface area contributed by atoms with Crippen molar-refractivity contribution in [1.82, 2.24) is 15.1 Å². The summed E-state index contributed by atoms with van der Waals surface area (Å²) in [6.45, 7) is 5.61. The number of urea groups is 1. The summed E-state index contributed by atoms with van der Waals surface area (Å²) in [6.07, 6.45) is 3.68. The van der Waals surface area contributed by atoms with Gasteiger partial charge in [-0.3, -0.25) is 0 Å². The van der Waals surface area contributed by atoms with E-state index in [1.54, 1.807) is 0 Å². The molecular weight excluding hydrogens is 324 g/mol. The molecule has 2 amide bonds. The molecule has 2 aliphatic rings. The fourth-order valence-electron chi connectivity index (χ4n) is 4.25. The lowest BCUT2D eigenvalue weighted by molar-refractivity contribution is 0.154. The van der Waals surface area contributed by atoms with Crippen molar-refractivity contribution in [3.05, 3.63) is 35.9 Å². The minimum atomic E-state index is -0.461. The molecule has 26 heavy (non-hydrogen) atoms. The molecule has 1 N–H and O–H groups in total. The summed E-state index contributed by atoms with van der Waals surface area (Å²) < 4.78 is 0. The Morgan fingerprint density at radius 1 is 1.19 bits per heavy atom. The summed E-state index contributed by atoms with van der Waals surface area (Å²) in [7, 11) is 2.15. The number of nitrogens with one attached hydrogen (secondary N) is 1. The largest absolute Gasteiger partial charge is 0.335 e. The maximum Gasteiger partial charge on any atom is 0.317 e. The SMILES string of the molecule is C[C@@H](NC(=O)N1CCC(C#N)(c2ccccc2)CC1)C1CCN(C)CC1. The number of likely N-dealkylation sites (tertiary alicyclic amines) is 2. The highest BCUT2D eigenvalue weighted by atomic mass is 16.2. The molecule has 3 rings (SSSR count). The predicted octanol–water partition coefficient (Wildman–Crippen LogP) is 2.98.